The van der Waals surface area contributed by atoms with E-state index in [-0.39, 0.29) is 23.0 Å². The summed E-state index contributed by atoms with van der Waals surface area (Å²) in [6.45, 7) is 1.53. The average Bonchev–Trinajstić information content (AvgIpc) is 2.65. The fourth-order valence-corrected chi connectivity index (χ4v) is 2.87. The van der Waals surface area contributed by atoms with Crippen LogP contribution in [0.15, 0.2) is 48.0 Å². The summed E-state index contributed by atoms with van der Waals surface area (Å²) in [5, 5.41) is 2.31. The first-order valence-electron chi connectivity index (χ1n) is 8.45. The molecule has 9 heteroatoms. The molecule has 148 valence electrons. The molecule has 0 atom stereocenters. The number of rotatable bonds is 5. The average molecular weight is 414 g/mol. The van der Waals surface area contributed by atoms with E-state index in [0.29, 0.717) is 11.3 Å². The zero-order chi connectivity index (χ0) is 21.1. The van der Waals surface area contributed by atoms with Crippen LogP contribution in [0.2, 0.25) is 5.02 Å². The molecule has 0 spiro atoms. The fourth-order valence-electron chi connectivity index (χ4n) is 2.63. The third-order valence-corrected chi connectivity index (χ3v) is 4.33. The molecule has 0 saturated carbocycles. The normalized spacial score (nSPS) is 15.4. The van der Waals surface area contributed by atoms with Gasteiger partial charge in [-0.15, -0.1) is 0 Å². The van der Waals surface area contributed by atoms with Crippen LogP contribution in [-0.2, 0) is 14.4 Å². The van der Waals surface area contributed by atoms with Gasteiger partial charge < -0.3 is 10.5 Å². The minimum absolute atomic E-state index is 0.163. The van der Waals surface area contributed by atoms with Gasteiger partial charge in [0.05, 0.1) is 10.7 Å². The summed E-state index contributed by atoms with van der Waals surface area (Å²) in [5.41, 5.74) is 6.52. The van der Waals surface area contributed by atoms with Crippen LogP contribution in [-0.4, -0.2) is 30.4 Å². The Morgan fingerprint density at radius 2 is 1.86 bits per heavy atom. The summed E-state index contributed by atoms with van der Waals surface area (Å²) < 4.78 is 5.16. The molecule has 0 unspecified atom stereocenters. The number of amides is 5. The zero-order valence-electron chi connectivity index (χ0n) is 15.3. The zero-order valence-corrected chi connectivity index (χ0v) is 16.0. The Kier molecular flexibility index (Phi) is 5.65. The van der Waals surface area contributed by atoms with Crippen molar-refractivity contribution >= 4 is 47.1 Å². The Morgan fingerprint density at radius 1 is 1.17 bits per heavy atom. The number of hydrogen-bond acceptors (Lipinski definition) is 5. The van der Waals surface area contributed by atoms with Gasteiger partial charge in [-0.05, 0) is 42.8 Å². The van der Waals surface area contributed by atoms with E-state index in [1.54, 1.807) is 30.3 Å². The van der Waals surface area contributed by atoms with Crippen LogP contribution >= 0.6 is 11.6 Å². The summed E-state index contributed by atoms with van der Waals surface area (Å²) in [6.07, 6.45) is 1.31. The highest BCUT2D eigenvalue weighted by molar-refractivity contribution is 6.39. The van der Waals surface area contributed by atoms with Gasteiger partial charge in [-0.25, -0.2) is 9.69 Å². The monoisotopic (exact) mass is 413 g/mol. The lowest BCUT2D eigenvalue weighted by Gasteiger charge is -2.26. The molecule has 1 aliphatic heterocycles. The molecule has 3 N–H and O–H groups in total. The number of benzene rings is 2. The molecule has 1 heterocycles. The minimum atomic E-state index is -0.825. The SMILES string of the molecule is Cc1ccc(N2C(=O)NC(=O)C(=Cc3ccc(OCC(N)=O)c(Cl)c3)C2=O)cc1. The van der Waals surface area contributed by atoms with Crippen LogP contribution in [0.5, 0.6) is 5.75 Å². The molecule has 0 aromatic heterocycles. The first-order valence-corrected chi connectivity index (χ1v) is 8.83. The van der Waals surface area contributed by atoms with Gasteiger partial charge in [0.25, 0.3) is 17.7 Å². The van der Waals surface area contributed by atoms with Crippen LogP contribution in [0.3, 0.4) is 0 Å². The smallest absolute Gasteiger partial charge is 0.335 e. The van der Waals surface area contributed by atoms with Crippen molar-refractivity contribution in [1.82, 2.24) is 5.32 Å². The molecule has 2 aromatic rings. The predicted molar refractivity (Wildman–Crippen MR) is 106 cm³/mol. The van der Waals surface area contributed by atoms with Gasteiger partial charge in [-0.1, -0.05) is 35.4 Å². The second-order valence-electron chi connectivity index (χ2n) is 6.24. The molecular formula is C20H16ClN3O5. The number of aryl methyl sites for hydroxylation is 1. The maximum atomic E-state index is 12.8. The predicted octanol–water partition coefficient (Wildman–Crippen LogP) is 2.18. The number of carbonyl (C=O) groups excluding carboxylic acids is 4. The van der Waals surface area contributed by atoms with E-state index in [0.717, 1.165) is 10.5 Å². The number of primary amides is 1. The number of barbiturate groups is 1. The summed E-state index contributed by atoms with van der Waals surface area (Å²) in [6, 6.07) is 10.4. The van der Waals surface area contributed by atoms with Gasteiger partial charge in [-0.3, -0.25) is 19.7 Å². The number of ether oxygens (including phenoxy) is 1. The molecule has 0 radical (unpaired) electrons. The molecule has 1 saturated heterocycles. The summed E-state index contributed by atoms with van der Waals surface area (Å²) in [5.74, 6) is -2.00. The number of nitrogens with two attached hydrogens (primary N) is 1. The third kappa shape index (κ3) is 4.44. The molecule has 8 nitrogen and oxygen atoms in total. The standard InChI is InChI=1S/C20H16ClN3O5/c1-11-2-5-13(6-3-11)24-19(27)14(18(26)23-20(24)28)8-12-4-7-16(15(21)9-12)29-10-17(22)25/h2-9H,10H2,1H3,(H2,22,25)(H,23,26,28). The van der Waals surface area contributed by atoms with Crippen LogP contribution in [0, 0.1) is 6.92 Å². The van der Waals surface area contributed by atoms with Crippen molar-refractivity contribution in [2.75, 3.05) is 11.5 Å². The van der Waals surface area contributed by atoms with Crippen molar-refractivity contribution in [2.45, 2.75) is 6.92 Å². The van der Waals surface area contributed by atoms with Gasteiger partial charge in [0.2, 0.25) is 0 Å². The van der Waals surface area contributed by atoms with Crippen LogP contribution in [0.25, 0.3) is 6.08 Å². The highest BCUT2D eigenvalue weighted by Crippen LogP contribution is 2.28. The van der Waals surface area contributed by atoms with E-state index in [1.165, 1.54) is 18.2 Å². The lowest BCUT2D eigenvalue weighted by Crippen LogP contribution is -2.54. The molecule has 1 fully saturated rings. The Bertz CT molecular complexity index is 1050. The molecule has 2 aromatic carbocycles. The van der Waals surface area contributed by atoms with E-state index in [9.17, 15) is 19.2 Å². The van der Waals surface area contributed by atoms with Crippen LogP contribution < -0.4 is 20.7 Å². The Hall–Kier alpha value is -3.65. The fraction of sp³-hybridized carbons (Fsp3) is 0.100. The number of imide groups is 2. The first-order chi connectivity index (χ1) is 13.8. The Morgan fingerprint density at radius 3 is 2.48 bits per heavy atom. The number of hydrogen-bond donors (Lipinski definition) is 2. The Balaban J connectivity index is 1.91. The summed E-state index contributed by atoms with van der Waals surface area (Å²) in [4.78, 5) is 48.9. The lowest BCUT2D eigenvalue weighted by molar-refractivity contribution is -0.123. The van der Waals surface area contributed by atoms with Gasteiger partial charge in [0.1, 0.15) is 11.3 Å². The van der Waals surface area contributed by atoms with E-state index in [1.807, 2.05) is 6.92 Å². The maximum Gasteiger partial charge on any atom is 0.335 e. The third-order valence-electron chi connectivity index (χ3n) is 4.03. The van der Waals surface area contributed by atoms with Crippen molar-refractivity contribution in [2.24, 2.45) is 5.73 Å². The summed E-state index contributed by atoms with van der Waals surface area (Å²) >= 11 is 6.11. The number of halogens is 1. The van der Waals surface area contributed by atoms with Crippen LogP contribution in [0.4, 0.5) is 10.5 Å². The Labute approximate surface area is 170 Å². The molecule has 3 rings (SSSR count). The molecule has 29 heavy (non-hydrogen) atoms. The number of anilines is 1. The molecule has 5 amide bonds. The second kappa shape index (κ2) is 8.15. The van der Waals surface area contributed by atoms with Crippen molar-refractivity contribution < 1.29 is 23.9 Å². The number of urea groups is 1. The first kappa shape index (κ1) is 20.1. The topological polar surface area (TPSA) is 119 Å². The van der Waals surface area contributed by atoms with Crippen molar-refractivity contribution in [3.05, 3.63) is 64.2 Å². The molecule has 0 aliphatic carbocycles. The van der Waals surface area contributed by atoms with E-state index in [4.69, 9.17) is 22.1 Å². The van der Waals surface area contributed by atoms with Gasteiger partial charge >= 0.3 is 6.03 Å². The highest BCUT2D eigenvalue weighted by Gasteiger charge is 2.36. The largest absolute Gasteiger partial charge is 0.482 e. The van der Waals surface area contributed by atoms with E-state index < -0.39 is 23.8 Å². The van der Waals surface area contributed by atoms with Gasteiger partial charge in [-0.2, -0.15) is 0 Å². The number of carbonyl (C=O) groups is 4. The van der Waals surface area contributed by atoms with Gasteiger partial charge in [0.15, 0.2) is 6.61 Å². The van der Waals surface area contributed by atoms with E-state index in [2.05, 4.69) is 5.32 Å². The van der Waals surface area contributed by atoms with E-state index >= 15 is 0 Å². The molecular weight excluding hydrogens is 398 g/mol. The molecule has 1 aliphatic rings. The molecule has 0 bridgehead atoms. The van der Waals surface area contributed by atoms with Gasteiger partial charge in [0, 0.05) is 0 Å². The minimum Gasteiger partial charge on any atom is -0.482 e. The number of nitrogens with zero attached hydrogens (tertiary/aromatic N) is 1. The summed E-state index contributed by atoms with van der Waals surface area (Å²) in [7, 11) is 0. The van der Waals surface area contributed by atoms with Crippen molar-refractivity contribution in [3.63, 3.8) is 0 Å². The number of nitrogens with one attached hydrogen (secondary N) is 1. The lowest BCUT2D eigenvalue weighted by atomic mass is 10.1. The highest BCUT2D eigenvalue weighted by atomic mass is 35.5. The van der Waals surface area contributed by atoms with Crippen LogP contribution in [0.1, 0.15) is 11.1 Å². The maximum absolute atomic E-state index is 12.8. The second-order valence-corrected chi connectivity index (χ2v) is 6.65. The van der Waals surface area contributed by atoms with Crippen molar-refractivity contribution in [1.29, 1.82) is 0 Å². The quantitative estimate of drug-likeness (QED) is 0.575. The van der Waals surface area contributed by atoms with Crippen molar-refractivity contribution in [3.8, 4) is 5.75 Å².